The van der Waals surface area contributed by atoms with Gasteiger partial charge in [0.25, 0.3) is 5.91 Å². The monoisotopic (exact) mass is 325 g/mol. The van der Waals surface area contributed by atoms with Crippen LogP contribution in [0.1, 0.15) is 11.7 Å². The first-order valence-electron chi connectivity index (χ1n) is 7.41. The van der Waals surface area contributed by atoms with E-state index in [0.29, 0.717) is 17.3 Å². The smallest absolute Gasteiger partial charge is 0.366 e. The summed E-state index contributed by atoms with van der Waals surface area (Å²) in [7, 11) is 1.33. The van der Waals surface area contributed by atoms with Crippen molar-refractivity contribution in [3.63, 3.8) is 0 Å². The average molecular weight is 325 g/mol. The van der Waals surface area contributed by atoms with Gasteiger partial charge in [0, 0.05) is 12.5 Å². The van der Waals surface area contributed by atoms with Crippen LogP contribution in [0.2, 0.25) is 0 Å². The molecule has 0 amide bonds. The highest BCUT2D eigenvalue weighted by atomic mass is 16.5. The maximum absolute atomic E-state index is 12.3. The fourth-order valence-electron chi connectivity index (χ4n) is 2.58. The number of nitrogens with one attached hydrogen (secondary N) is 1. The van der Waals surface area contributed by atoms with E-state index in [9.17, 15) is 9.59 Å². The largest absolute Gasteiger partial charge is 0.467 e. The third kappa shape index (κ3) is 2.71. The van der Waals surface area contributed by atoms with Gasteiger partial charge in [-0.25, -0.2) is 4.79 Å². The molecule has 3 rings (SSSR count). The predicted molar refractivity (Wildman–Crippen MR) is 87.6 cm³/mol. The number of hydrogen-bond donors (Lipinski definition) is 1. The molecule has 1 aromatic carbocycles. The Balaban J connectivity index is 2.27. The molecule has 0 aliphatic rings. The van der Waals surface area contributed by atoms with Gasteiger partial charge < -0.3 is 10.1 Å². The minimum absolute atomic E-state index is 0.0186. The van der Waals surface area contributed by atoms with Crippen LogP contribution in [-0.2, 0) is 9.53 Å². The fraction of sp³-hybridized carbons (Fsp3) is 0.176. The molecule has 1 N–H and O–H groups in total. The highest BCUT2D eigenvalue weighted by Crippen LogP contribution is 2.27. The van der Waals surface area contributed by atoms with Gasteiger partial charge in [0.05, 0.1) is 19.5 Å². The quantitative estimate of drug-likeness (QED) is 0.581. The van der Waals surface area contributed by atoms with Gasteiger partial charge >= 0.3 is 11.7 Å². The molecule has 2 heterocycles. The van der Waals surface area contributed by atoms with Crippen LogP contribution < -0.4 is 9.72 Å². The number of benzene rings is 1. The summed E-state index contributed by atoms with van der Waals surface area (Å²) in [5.74, 6) is 0.500. The zero-order valence-electron chi connectivity index (χ0n) is 13.4. The number of fused-ring (bicyclic) bond motifs is 1. The standard InChI is InChI=1S/C17H17N4O3/c1-12(22)21-15(13-7-4-3-5-8-13)16(19-11-14(23)24-2)20-10-6-9-18-17(20)21/h3-10,19H,11H2,1-2H3/q+1. The maximum atomic E-state index is 12.3. The van der Waals surface area contributed by atoms with Crippen molar-refractivity contribution in [3.05, 3.63) is 48.8 Å². The lowest BCUT2D eigenvalue weighted by Gasteiger charge is -2.04. The van der Waals surface area contributed by atoms with Gasteiger partial charge in [0.1, 0.15) is 6.54 Å². The minimum atomic E-state index is -0.401. The number of carbonyl (C=O) groups is 2. The number of carbonyl (C=O) groups excluding carboxylic acids is 2. The number of aromatic nitrogens is 3. The van der Waals surface area contributed by atoms with Crippen LogP contribution in [0, 0.1) is 0 Å². The van der Waals surface area contributed by atoms with E-state index >= 15 is 0 Å². The molecule has 0 saturated carbocycles. The topological polar surface area (TPSA) is 77.3 Å². The van der Waals surface area contributed by atoms with E-state index in [-0.39, 0.29) is 12.5 Å². The number of methoxy groups -OCH3 is 1. The molecule has 0 unspecified atom stereocenters. The molecule has 122 valence electrons. The number of rotatable bonds is 4. The van der Waals surface area contributed by atoms with E-state index in [1.54, 1.807) is 22.9 Å². The molecule has 24 heavy (non-hydrogen) atoms. The lowest BCUT2D eigenvalue weighted by atomic mass is 10.1. The third-order valence-corrected chi connectivity index (χ3v) is 3.61. The van der Waals surface area contributed by atoms with Crippen molar-refractivity contribution >= 4 is 23.5 Å². The Labute approximate surface area is 138 Å². The summed E-state index contributed by atoms with van der Waals surface area (Å²) in [5, 5.41) is 3.06. The van der Waals surface area contributed by atoms with Crippen LogP contribution in [0.5, 0.6) is 0 Å². The van der Waals surface area contributed by atoms with E-state index in [4.69, 9.17) is 0 Å². The fourth-order valence-corrected chi connectivity index (χ4v) is 2.58. The van der Waals surface area contributed by atoms with Crippen LogP contribution >= 0.6 is 0 Å². The molecular weight excluding hydrogens is 308 g/mol. The number of hydrogen-bond acceptors (Lipinski definition) is 5. The Morgan fingerprint density at radius 3 is 2.67 bits per heavy atom. The summed E-state index contributed by atoms with van der Waals surface area (Å²) >= 11 is 0. The molecule has 7 nitrogen and oxygen atoms in total. The van der Waals surface area contributed by atoms with Crippen molar-refractivity contribution in [2.45, 2.75) is 6.92 Å². The van der Waals surface area contributed by atoms with Crippen LogP contribution in [0.4, 0.5) is 5.82 Å². The van der Waals surface area contributed by atoms with Crippen molar-refractivity contribution in [2.75, 3.05) is 19.0 Å². The van der Waals surface area contributed by atoms with E-state index in [1.165, 1.54) is 18.6 Å². The van der Waals surface area contributed by atoms with Crippen molar-refractivity contribution in [1.29, 1.82) is 0 Å². The predicted octanol–water partition coefficient (Wildman–Crippen LogP) is 1.53. The van der Waals surface area contributed by atoms with E-state index in [2.05, 4.69) is 15.0 Å². The molecule has 2 aromatic heterocycles. The highest BCUT2D eigenvalue weighted by Gasteiger charge is 2.28. The molecule has 7 heteroatoms. The lowest BCUT2D eigenvalue weighted by molar-refractivity contribution is -0.497. The van der Waals surface area contributed by atoms with Crippen molar-refractivity contribution in [3.8, 4) is 11.3 Å². The molecule has 0 radical (unpaired) electrons. The number of esters is 1. The van der Waals surface area contributed by atoms with Crippen LogP contribution in [0.15, 0.2) is 48.8 Å². The SMILES string of the molecule is COC(=O)CNc1c(-c2ccccc2)n(C(C)=O)c2nccc[n+]12. The van der Waals surface area contributed by atoms with Gasteiger partial charge in [0.15, 0.2) is 5.69 Å². The molecule has 0 atom stereocenters. The zero-order valence-corrected chi connectivity index (χ0v) is 13.4. The lowest BCUT2D eigenvalue weighted by Crippen LogP contribution is -2.28. The summed E-state index contributed by atoms with van der Waals surface area (Å²) in [6.07, 6.45) is 3.40. The molecular formula is C17H17N4O3+. The molecule has 0 saturated heterocycles. The van der Waals surface area contributed by atoms with Gasteiger partial charge in [-0.1, -0.05) is 30.3 Å². The average Bonchev–Trinajstić information content (AvgIpc) is 2.95. The van der Waals surface area contributed by atoms with Crippen LogP contribution in [-0.4, -0.2) is 35.1 Å². The number of ether oxygens (including phenoxy) is 1. The Morgan fingerprint density at radius 2 is 2.00 bits per heavy atom. The van der Waals surface area contributed by atoms with Gasteiger partial charge in [-0.2, -0.15) is 8.97 Å². The second kappa shape index (κ2) is 6.49. The van der Waals surface area contributed by atoms with Crippen molar-refractivity contribution in [2.24, 2.45) is 0 Å². The van der Waals surface area contributed by atoms with Gasteiger partial charge in [-0.05, 0) is 6.07 Å². The summed E-state index contributed by atoms with van der Waals surface area (Å²) < 4.78 is 7.95. The van der Waals surface area contributed by atoms with E-state index < -0.39 is 5.97 Å². The van der Waals surface area contributed by atoms with E-state index in [1.807, 2.05) is 30.3 Å². The van der Waals surface area contributed by atoms with Gasteiger partial charge in [-0.15, -0.1) is 4.98 Å². The Hall–Kier alpha value is -3.22. The normalized spacial score (nSPS) is 10.6. The summed E-state index contributed by atoms with van der Waals surface area (Å²) in [6.45, 7) is 1.46. The molecule has 0 fully saturated rings. The molecule has 3 aromatic rings. The van der Waals surface area contributed by atoms with Crippen molar-refractivity contribution < 1.29 is 18.7 Å². The number of anilines is 1. The van der Waals surface area contributed by atoms with E-state index in [0.717, 1.165) is 5.56 Å². The summed E-state index contributed by atoms with van der Waals surface area (Å²) in [5.41, 5.74) is 1.48. The third-order valence-electron chi connectivity index (χ3n) is 3.61. The van der Waals surface area contributed by atoms with Gasteiger partial charge in [0.2, 0.25) is 5.82 Å². The summed E-state index contributed by atoms with van der Waals surface area (Å²) in [4.78, 5) is 28.1. The van der Waals surface area contributed by atoms with Crippen LogP contribution in [0.25, 0.3) is 17.0 Å². The molecule has 0 aliphatic carbocycles. The van der Waals surface area contributed by atoms with Crippen molar-refractivity contribution in [1.82, 2.24) is 9.55 Å². The first-order valence-corrected chi connectivity index (χ1v) is 7.41. The first-order chi connectivity index (χ1) is 11.6. The first kappa shape index (κ1) is 15.7. The Bertz CT molecular complexity index is 903. The molecule has 0 bridgehead atoms. The number of nitrogens with zero attached hydrogens (tertiary/aromatic N) is 3. The second-order valence-electron chi connectivity index (χ2n) is 5.14. The number of imidazole rings is 1. The maximum Gasteiger partial charge on any atom is 0.366 e. The Kier molecular flexibility index (Phi) is 4.24. The second-order valence-corrected chi connectivity index (χ2v) is 5.14. The highest BCUT2D eigenvalue weighted by molar-refractivity contribution is 5.89. The molecule has 0 spiro atoms. The Morgan fingerprint density at radius 1 is 1.25 bits per heavy atom. The van der Waals surface area contributed by atoms with Gasteiger partial charge in [-0.3, -0.25) is 4.79 Å². The summed E-state index contributed by atoms with van der Waals surface area (Å²) in [6, 6.07) is 11.2. The zero-order chi connectivity index (χ0) is 17.1. The minimum Gasteiger partial charge on any atom is -0.467 e. The molecule has 0 aliphatic heterocycles. The van der Waals surface area contributed by atoms with Crippen LogP contribution in [0.3, 0.4) is 0 Å².